The third kappa shape index (κ3) is 6.14. The summed E-state index contributed by atoms with van der Waals surface area (Å²) in [5.41, 5.74) is -0.587. The third-order valence-corrected chi connectivity index (χ3v) is 8.11. The molecule has 3 heterocycles. The first-order valence-electron chi connectivity index (χ1n) is 13.2. The number of alkyl halides is 3. The van der Waals surface area contributed by atoms with E-state index < -0.39 is 17.6 Å². The molecule has 0 atom stereocenters. The molecule has 0 bridgehead atoms. The second-order valence-electron chi connectivity index (χ2n) is 11.6. The highest BCUT2D eigenvalue weighted by Crippen LogP contribution is 2.40. The van der Waals surface area contributed by atoms with Gasteiger partial charge in [-0.3, -0.25) is 4.90 Å². The second-order valence-corrected chi connectivity index (χ2v) is 11.6. The van der Waals surface area contributed by atoms with Gasteiger partial charge in [0.15, 0.2) is 11.6 Å². The van der Waals surface area contributed by atoms with Crippen molar-refractivity contribution in [1.29, 1.82) is 0 Å². The lowest BCUT2D eigenvalue weighted by molar-refractivity contribution is -0.137. The van der Waals surface area contributed by atoms with Gasteiger partial charge in [0, 0.05) is 54.7 Å². The van der Waals surface area contributed by atoms with Crippen LogP contribution in [-0.4, -0.2) is 76.7 Å². The normalized spacial score (nSPS) is 20.9. The van der Waals surface area contributed by atoms with Gasteiger partial charge in [0.05, 0.1) is 11.8 Å². The summed E-state index contributed by atoms with van der Waals surface area (Å²) in [6.07, 6.45) is -1.93. The fraction of sp³-hybridized carbons (Fsp3) is 0.630. The second kappa shape index (κ2) is 10.5. The van der Waals surface area contributed by atoms with Crippen LogP contribution < -0.4 is 15.5 Å². The molecule has 2 aliphatic rings. The standard InChI is InChI=1S/C27H39F4N7/c1-7-37-10-12-38(13-11-37)22-9-8-18(14-20(22)27(29,30)31)34-24-32-17-21(28)23(35-24)33-19-15-25(2,3)36(6)26(4,5)16-19/h8-9,14,17,19H,7,10-13,15-16H2,1-6H3,(H2,32,33,34,35). The van der Waals surface area contributed by atoms with Crippen molar-refractivity contribution in [3.63, 3.8) is 0 Å². The van der Waals surface area contributed by atoms with Crippen LogP contribution in [0.5, 0.6) is 0 Å². The van der Waals surface area contributed by atoms with E-state index in [1.54, 1.807) is 11.0 Å². The highest BCUT2D eigenvalue weighted by atomic mass is 19.4. The minimum Gasteiger partial charge on any atom is -0.368 e. The van der Waals surface area contributed by atoms with Gasteiger partial charge in [-0.05, 0) is 72.3 Å². The minimum absolute atomic E-state index is 0.0257. The molecule has 1 aromatic carbocycles. The number of piperidine rings is 1. The van der Waals surface area contributed by atoms with E-state index in [0.717, 1.165) is 44.7 Å². The van der Waals surface area contributed by atoms with E-state index in [1.165, 1.54) is 6.07 Å². The summed E-state index contributed by atoms with van der Waals surface area (Å²) in [4.78, 5) is 14.6. The predicted molar refractivity (Wildman–Crippen MR) is 144 cm³/mol. The Balaban J connectivity index is 1.54. The number of halogens is 4. The summed E-state index contributed by atoms with van der Waals surface area (Å²) in [5, 5.41) is 6.06. The zero-order valence-electron chi connectivity index (χ0n) is 23.1. The summed E-state index contributed by atoms with van der Waals surface area (Å²) in [7, 11) is 2.09. The van der Waals surface area contributed by atoms with Crippen molar-refractivity contribution >= 4 is 23.1 Å². The van der Waals surface area contributed by atoms with Crippen molar-refractivity contribution in [2.75, 3.05) is 55.3 Å². The Hall–Kier alpha value is -2.66. The number of benzene rings is 1. The van der Waals surface area contributed by atoms with Crippen LogP contribution in [0.3, 0.4) is 0 Å². The SMILES string of the molecule is CCN1CCN(c2ccc(Nc3ncc(F)c(NC4CC(C)(C)N(C)C(C)(C)C4)n3)cc2C(F)(F)F)CC1. The van der Waals surface area contributed by atoms with Crippen molar-refractivity contribution in [2.24, 2.45) is 0 Å². The van der Waals surface area contributed by atoms with E-state index in [2.05, 4.69) is 65.1 Å². The Bertz CT molecular complexity index is 1110. The number of likely N-dealkylation sites (tertiary alicyclic amines) is 1. The molecule has 2 N–H and O–H groups in total. The van der Waals surface area contributed by atoms with Crippen molar-refractivity contribution in [2.45, 2.75) is 70.8 Å². The molecule has 11 heteroatoms. The van der Waals surface area contributed by atoms with Gasteiger partial charge in [-0.2, -0.15) is 18.2 Å². The summed E-state index contributed by atoms with van der Waals surface area (Å²) in [6, 6.07) is 4.11. The van der Waals surface area contributed by atoms with Crippen LogP contribution in [-0.2, 0) is 6.18 Å². The molecular formula is C27H39F4N7. The van der Waals surface area contributed by atoms with E-state index in [9.17, 15) is 17.6 Å². The molecule has 0 spiro atoms. The Morgan fingerprint density at radius 2 is 1.66 bits per heavy atom. The van der Waals surface area contributed by atoms with Crippen molar-refractivity contribution < 1.29 is 17.6 Å². The number of nitrogens with one attached hydrogen (secondary N) is 2. The Morgan fingerprint density at radius 3 is 2.24 bits per heavy atom. The number of anilines is 4. The first-order valence-corrected chi connectivity index (χ1v) is 13.2. The zero-order chi connectivity index (χ0) is 27.9. The quantitative estimate of drug-likeness (QED) is 0.467. The lowest BCUT2D eigenvalue weighted by Gasteiger charge is -2.53. The minimum atomic E-state index is -4.53. The molecule has 0 aliphatic carbocycles. The van der Waals surface area contributed by atoms with E-state index in [1.807, 2.05) is 6.92 Å². The molecule has 38 heavy (non-hydrogen) atoms. The first-order chi connectivity index (χ1) is 17.7. The van der Waals surface area contributed by atoms with E-state index in [0.29, 0.717) is 13.1 Å². The van der Waals surface area contributed by atoms with Crippen LogP contribution >= 0.6 is 0 Å². The van der Waals surface area contributed by atoms with Gasteiger partial charge >= 0.3 is 6.18 Å². The average Bonchev–Trinajstić information content (AvgIpc) is 2.84. The van der Waals surface area contributed by atoms with Crippen LogP contribution in [0, 0.1) is 5.82 Å². The lowest BCUT2D eigenvalue weighted by Crippen LogP contribution is -2.61. The molecule has 2 saturated heterocycles. The Kier molecular flexibility index (Phi) is 7.82. The molecule has 4 rings (SSSR count). The highest BCUT2D eigenvalue weighted by molar-refractivity contribution is 5.65. The van der Waals surface area contributed by atoms with Crippen molar-refractivity contribution in [3.05, 3.63) is 35.8 Å². The van der Waals surface area contributed by atoms with Gasteiger partial charge in [-0.25, -0.2) is 9.37 Å². The number of piperazine rings is 1. The number of aromatic nitrogens is 2. The molecule has 0 unspecified atom stereocenters. The maximum Gasteiger partial charge on any atom is 0.418 e. The van der Waals surface area contributed by atoms with Crippen LogP contribution in [0.2, 0.25) is 0 Å². The number of hydrogen-bond donors (Lipinski definition) is 2. The van der Waals surface area contributed by atoms with E-state index >= 15 is 0 Å². The molecule has 1 aromatic heterocycles. The van der Waals surface area contributed by atoms with Crippen LogP contribution in [0.1, 0.15) is 53.0 Å². The maximum absolute atomic E-state index is 14.7. The zero-order valence-corrected chi connectivity index (χ0v) is 23.1. The van der Waals surface area contributed by atoms with Gasteiger partial charge in [0.2, 0.25) is 5.95 Å². The van der Waals surface area contributed by atoms with Crippen molar-refractivity contribution in [1.82, 2.24) is 19.8 Å². The first kappa shape index (κ1) is 28.4. The molecule has 2 aliphatic heterocycles. The number of rotatable bonds is 6. The van der Waals surface area contributed by atoms with E-state index in [4.69, 9.17) is 0 Å². The summed E-state index contributed by atoms with van der Waals surface area (Å²) < 4.78 is 56.8. The van der Waals surface area contributed by atoms with Crippen molar-refractivity contribution in [3.8, 4) is 0 Å². The predicted octanol–water partition coefficient (Wildman–Crippen LogP) is 5.58. The average molecular weight is 538 g/mol. The molecule has 0 saturated carbocycles. The monoisotopic (exact) mass is 537 g/mol. The number of likely N-dealkylation sites (N-methyl/N-ethyl adjacent to an activating group) is 1. The summed E-state index contributed by atoms with van der Waals surface area (Å²) in [6.45, 7) is 14.0. The smallest absolute Gasteiger partial charge is 0.368 e. The summed E-state index contributed by atoms with van der Waals surface area (Å²) >= 11 is 0. The number of nitrogens with zero attached hydrogens (tertiary/aromatic N) is 5. The largest absolute Gasteiger partial charge is 0.418 e. The van der Waals surface area contributed by atoms with Crippen LogP contribution in [0.4, 0.5) is 40.7 Å². The van der Waals surface area contributed by atoms with Gasteiger partial charge < -0.3 is 20.4 Å². The highest BCUT2D eigenvalue weighted by Gasteiger charge is 2.43. The Labute approximate surface area is 222 Å². The van der Waals surface area contributed by atoms with Crippen LogP contribution in [0.15, 0.2) is 24.4 Å². The fourth-order valence-corrected chi connectivity index (χ4v) is 5.75. The Morgan fingerprint density at radius 1 is 1.03 bits per heavy atom. The molecule has 0 radical (unpaired) electrons. The molecular weight excluding hydrogens is 498 g/mol. The van der Waals surface area contributed by atoms with Gasteiger partial charge in [0.1, 0.15) is 0 Å². The lowest BCUT2D eigenvalue weighted by atomic mass is 9.77. The third-order valence-electron chi connectivity index (χ3n) is 8.11. The molecule has 2 aromatic rings. The topological polar surface area (TPSA) is 59.6 Å². The molecule has 2 fully saturated rings. The summed E-state index contributed by atoms with van der Waals surface area (Å²) in [5.74, 6) is -0.550. The molecule has 210 valence electrons. The van der Waals surface area contributed by atoms with Gasteiger partial charge in [-0.1, -0.05) is 6.92 Å². The van der Waals surface area contributed by atoms with Crippen LogP contribution in [0.25, 0.3) is 0 Å². The number of hydrogen-bond acceptors (Lipinski definition) is 7. The maximum atomic E-state index is 14.7. The molecule has 7 nitrogen and oxygen atoms in total. The van der Waals surface area contributed by atoms with Gasteiger partial charge in [0.25, 0.3) is 0 Å². The van der Waals surface area contributed by atoms with E-state index in [-0.39, 0.29) is 40.3 Å². The molecule has 0 amide bonds. The van der Waals surface area contributed by atoms with Gasteiger partial charge in [-0.15, -0.1) is 0 Å². The fourth-order valence-electron chi connectivity index (χ4n) is 5.75.